The van der Waals surface area contributed by atoms with Crippen molar-refractivity contribution in [1.29, 1.82) is 0 Å². The number of rotatable bonds is 8. The van der Waals surface area contributed by atoms with E-state index in [1.807, 2.05) is 30.5 Å². The van der Waals surface area contributed by atoms with Gasteiger partial charge in [-0.15, -0.1) is 0 Å². The van der Waals surface area contributed by atoms with Crippen LogP contribution in [0.5, 0.6) is 5.75 Å². The fourth-order valence-corrected chi connectivity index (χ4v) is 4.44. The van der Waals surface area contributed by atoms with Crippen molar-refractivity contribution >= 4 is 11.9 Å². The molecule has 1 saturated heterocycles. The van der Waals surface area contributed by atoms with Crippen molar-refractivity contribution in [3.63, 3.8) is 0 Å². The molecule has 1 fully saturated rings. The molecule has 1 aliphatic carbocycles. The molecule has 34 heavy (non-hydrogen) atoms. The summed E-state index contributed by atoms with van der Waals surface area (Å²) in [6.07, 6.45) is 3.29. The van der Waals surface area contributed by atoms with E-state index in [-0.39, 0.29) is 0 Å². The molecule has 1 amide bonds. The summed E-state index contributed by atoms with van der Waals surface area (Å²) in [5, 5.41) is 7.60. The van der Waals surface area contributed by atoms with Gasteiger partial charge in [-0.25, -0.2) is 9.97 Å². The average Bonchev–Trinajstić information content (AvgIpc) is 3.21. The maximum atomic E-state index is 11.8. The number of anilines is 1. The number of carbonyl (C=O) groups excluding carboxylic acids is 1. The van der Waals surface area contributed by atoms with Crippen molar-refractivity contribution in [2.75, 3.05) is 44.8 Å². The number of benzene rings is 1. The van der Waals surface area contributed by atoms with Gasteiger partial charge in [0.15, 0.2) is 5.69 Å². The lowest BCUT2D eigenvalue weighted by molar-refractivity contribution is 0.0322. The van der Waals surface area contributed by atoms with Crippen molar-refractivity contribution in [1.82, 2.24) is 24.6 Å². The third-order valence-electron chi connectivity index (χ3n) is 6.27. The number of nitrogens with two attached hydrogens (primary N) is 1. The molecule has 0 bridgehead atoms. The van der Waals surface area contributed by atoms with E-state index in [2.05, 4.69) is 20.3 Å². The van der Waals surface area contributed by atoms with E-state index >= 15 is 0 Å². The third kappa shape index (κ3) is 4.73. The molecular weight excluding hydrogens is 434 g/mol. The molecule has 5 rings (SSSR count). The fraction of sp³-hybridized carbons (Fsp3) is 0.417. The van der Waals surface area contributed by atoms with E-state index in [1.165, 1.54) is 0 Å². The maximum Gasteiger partial charge on any atom is 0.269 e. The number of morpholine rings is 1. The fourth-order valence-electron chi connectivity index (χ4n) is 4.44. The van der Waals surface area contributed by atoms with Gasteiger partial charge in [-0.05, 0) is 36.1 Å². The number of carbonyl (C=O) groups is 1. The third-order valence-corrected chi connectivity index (χ3v) is 6.27. The van der Waals surface area contributed by atoms with Crippen LogP contribution in [0.3, 0.4) is 0 Å². The van der Waals surface area contributed by atoms with Gasteiger partial charge >= 0.3 is 0 Å². The highest BCUT2D eigenvalue weighted by atomic mass is 16.5. The molecule has 178 valence electrons. The standard InChI is InChI=1S/C24H29N7O3/c1-30-22-19(21(29-30)23(25)32)7-4-17-15-27-24(28-20(17)22)26-14-16-2-5-18(6-3-16)34-13-10-31-8-11-33-12-9-31/h2-3,5-6,15H,4,7-14H2,1H3,(H2,25,32)(H,26,27,28). The SMILES string of the molecule is Cn1nc(C(N)=O)c2c1-c1nc(NCc3ccc(OCCN4CCOCC4)cc3)ncc1CC2. The van der Waals surface area contributed by atoms with Crippen LogP contribution >= 0.6 is 0 Å². The van der Waals surface area contributed by atoms with Crippen LogP contribution in [0, 0.1) is 0 Å². The molecule has 3 N–H and O–H groups in total. The Labute approximate surface area is 198 Å². The Morgan fingerprint density at radius 2 is 2.00 bits per heavy atom. The second kappa shape index (κ2) is 9.78. The maximum absolute atomic E-state index is 11.8. The smallest absolute Gasteiger partial charge is 0.269 e. The Balaban J connectivity index is 1.20. The predicted molar refractivity (Wildman–Crippen MR) is 127 cm³/mol. The van der Waals surface area contributed by atoms with Crippen LogP contribution in [0.25, 0.3) is 11.4 Å². The molecule has 10 nitrogen and oxygen atoms in total. The summed E-state index contributed by atoms with van der Waals surface area (Å²) in [6.45, 7) is 5.67. The number of aromatic nitrogens is 4. The lowest BCUT2D eigenvalue weighted by Gasteiger charge is -2.26. The van der Waals surface area contributed by atoms with Crippen molar-refractivity contribution in [2.45, 2.75) is 19.4 Å². The minimum absolute atomic E-state index is 0.323. The highest BCUT2D eigenvalue weighted by Crippen LogP contribution is 2.33. The van der Waals surface area contributed by atoms with Crippen LogP contribution in [0.15, 0.2) is 30.5 Å². The Bertz CT molecular complexity index is 1170. The number of nitrogens with one attached hydrogen (secondary N) is 1. The summed E-state index contributed by atoms with van der Waals surface area (Å²) in [4.78, 5) is 23.3. The van der Waals surface area contributed by atoms with Crippen LogP contribution in [0.1, 0.15) is 27.2 Å². The van der Waals surface area contributed by atoms with Gasteiger partial charge in [-0.2, -0.15) is 5.10 Å². The molecule has 1 aliphatic heterocycles. The number of hydrogen-bond acceptors (Lipinski definition) is 8. The minimum Gasteiger partial charge on any atom is -0.492 e. The van der Waals surface area contributed by atoms with Crippen molar-refractivity contribution in [3.8, 4) is 17.1 Å². The van der Waals surface area contributed by atoms with Gasteiger partial charge in [0.05, 0.1) is 24.6 Å². The molecule has 2 aromatic heterocycles. The molecule has 2 aliphatic rings. The van der Waals surface area contributed by atoms with Gasteiger partial charge in [0, 0.05) is 45.0 Å². The molecule has 3 heterocycles. The minimum atomic E-state index is -0.513. The van der Waals surface area contributed by atoms with Gasteiger partial charge in [0.2, 0.25) is 5.95 Å². The molecule has 3 aromatic rings. The summed E-state index contributed by atoms with van der Waals surface area (Å²) in [6, 6.07) is 8.04. The highest BCUT2D eigenvalue weighted by Gasteiger charge is 2.27. The number of amides is 1. The second-order valence-corrected chi connectivity index (χ2v) is 8.53. The number of fused-ring (bicyclic) bond motifs is 3. The van der Waals surface area contributed by atoms with Crippen molar-refractivity contribution in [2.24, 2.45) is 12.8 Å². The summed E-state index contributed by atoms with van der Waals surface area (Å²) in [5.41, 5.74) is 10.5. The first kappa shape index (κ1) is 22.3. The molecule has 0 unspecified atom stereocenters. The molecule has 0 atom stereocenters. The number of primary amides is 1. The Hall–Kier alpha value is -3.50. The zero-order chi connectivity index (χ0) is 23.5. The quantitative estimate of drug-likeness (QED) is 0.514. The van der Waals surface area contributed by atoms with Crippen LogP contribution in [0.4, 0.5) is 5.95 Å². The average molecular weight is 464 g/mol. The monoisotopic (exact) mass is 463 g/mol. The van der Waals surface area contributed by atoms with Gasteiger partial charge < -0.3 is 20.5 Å². The van der Waals surface area contributed by atoms with Crippen LogP contribution in [-0.4, -0.2) is 70.0 Å². The van der Waals surface area contributed by atoms with E-state index in [0.29, 0.717) is 31.2 Å². The molecule has 1 aromatic carbocycles. The zero-order valence-corrected chi connectivity index (χ0v) is 19.3. The van der Waals surface area contributed by atoms with Crippen LogP contribution in [-0.2, 0) is 31.2 Å². The molecule has 0 spiro atoms. The van der Waals surface area contributed by atoms with E-state index < -0.39 is 5.91 Å². The van der Waals surface area contributed by atoms with Crippen molar-refractivity contribution < 1.29 is 14.3 Å². The predicted octanol–water partition coefficient (Wildman–Crippen LogP) is 1.40. The Morgan fingerprint density at radius 3 is 2.76 bits per heavy atom. The first-order chi connectivity index (χ1) is 16.6. The molecule has 10 heteroatoms. The normalized spacial score (nSPS) is 15.4. The van der Waals surface area contributed by atoms with Gasteiger partial charge in [0.25, 0.3) is 5.91 Å². The first-order valence-corrected chi connectivity index (χ1v) is 11.6. The van der Waals surface area contributed by atoms with Crippen molar-refractivity contribution in [3.05, 3.63) is 52.8 Å². The largest absolute Gasteiger partial charge is 0.492 e. The van der Waals surface area contributed by atoms with E-state index in [1.54, 1.807) is 11.7 Å². The molecular formula is C24H29N7O3. The number of hydrogen-bond donors (Lipinski definition) is 2. The van der Waals surface area contributed by atoms with Gasteiger partial charge in [0.1, 0.15) is 12.4 Å². The van der Waals surface area contributed by atoms with Gasteiger partial charge in [-0.1, -0.05) is 12.1 Å². The van der Waals surface area contributed by atoms with E-state index in [0.717, 1.165) is 73.1 Å². The number of ether oxygens (including phenoxy) is 2. The molecule has 0 radical (unpaired) electrons. The summed E-state index contributed by atoms with van der Waals surface area (Å²) < 4.78 is 12.9. The lowest BCUT2D eigenvalue weighted by atomic mass is 9.93. The second-order valence-electron chi connectivity index (χ2n) is 8.53. The zero-order valence-electron chi connectivity index (χ0n) is 19.3. The van der Waals surface area contributed by atoms with E-state index in [9.17, 15) is 4.79 Å². The first-order valence-electron chi connectivity index (χ1n) is 11.6. The van der Waals surface area contributed by atoms with E-state index in [4.69, 9.17) is 20.2 Å². The van der Waals surface area contributed by atoms with Crippen LogP contribution < -0.4 is 15.8 Å². The Kier molecular flexibility index (Phi) is 6.41. The summed E-state index contributed by atoms with van der Waals surface area (Å²) >= 11 is 0. The summed E-state index contributed by atoms with van der Waals surface area (Å²) in [5.74, 6) is 0.872. The number of nitrogens with zero attached hydrogens (tertiary/aromatic N) is 5. The molecule has 0 saturated carbocycles. The number of aryl methyl sites for hydroxylation is 2. The lowest BCUT2D eigenvalue weighted by Crippen LogP contribution is -2.38. The van der Waals surface area contributed by atoms with Gasteiger partial charge in [-0.3, -0.25) is 14.4 Å². The van der Waals surface area contributed by atoms with Crippen LogP contribution in [0.2, 0.25) is 0 Å². The highest BCUT2D eigenvalue weighted by molar-refractivity contribution is 5.94. The summed E-state index contributed by atoms with van der Waals surface area (Å²) in [7, 11) is 1.81. The topological polar surface area (TPSA) is 120 Å². The Morgan fingerprint density at radius 1 is 1.21 bits per heavy atom.